The number of benzene rings is 1. The smallest absolute Gasteiger partial charge is 0.223 e. The zero-order valence-corrected chi connectivity index (χ0v) is 16.1. The third-order valence-corrected chi connectivity index (χ3v) is 4.70. The molecule has 1 aromatic heterocycles. The molecule has 2 heterocycles. The summed E-state index contributed by atoms with van der Waals surface area (Å²) in [4.78, 5) is 31.2. The highest BCUT2D eigenvalue weighted by Gasteiger charge is 2.30. The van der Waals surface area contributed by atoms with Gasteiger partial charge in [-0.1, -0.05) is 11.6 Å². The van der Waals surface area contributed by atoms with Crippen LogP contribution in [0.2, 0.25) is 5.02 Å². The standard InChI is InChI=1S/C18H21ClN4O2.ClH/c1-22-10-9-21-18(22)15-12-20-8-11-23(15)17(25)7-6-16(24)13-2-4-14(19)5-3-13;/h2-5,9-10,15,20H,6-8,11-12H2,1H3;1H. The first kappa shape index (κ1) is 20.4. The minimum absolute atomic E-state index is 0. The molecule has 1 aliphatic rings. The molecule has 0 bridgehead atoms. The van der Waals surface area contributed by atoms with Crippen LogP contribution in [0.25, 0.3) is 0 Å². The second-order valence-corrected chi connectivity index (χ2v) is 6.57. The zero-order chi connectivity index (χ0) is 17.8. The molecule has 0 spiro atoms. The maximum absolute atomic E-state index is 12.7. The zero-order valence-electron chi connectivity index (χ0n) is 14.5. The molecule has 2 aromatic rings. The van der Waals surface area contributed by atoms with Gasteiger partial charge in [0.25, 0.3) is 0 Å². The molecule has 140 valence electrons. The number of halogens is 2. The number of hydrogen-bond donors (Lipinski definition) is 1. The highest BCUT2D eigenvalue weighted by atomic mass is 35.5. The number of carbonyl (C=O) groups excluding carboxylic acids is 2. The summed E-state index contributed by atoms with van der Waals surface area (Å²) in [7, 11) is 1.92. The Morgan fingerprint density at radius 1 is 1.27 bits per heavy atom. The van der Waals surface area contributed by atoms with Crippen LogP contribution in [0.3, 0.4) is 0 Å². The van der Waals surface area contributed by atoms with Gasteiger partial charge in [-0.15, -0.1) is 12.4 Å². The SMILES string of the molecule is Cl.Cn1ccnc1C1CNCCN1C(=O)CCC(=O)c1ccc(Cl)cc1. The number of rotatable bonds is 5. The summed E-state index contributed by atoms with van der Waals surface area (Å²) >= 11 is 5.84. The molecule has 1 atom stereocenters. The van der Waals surface area contributed by atoms with Crippen LogP contribution in [0.1, 0.15) is 35.1 Å². The molecule has 0 saturated carbocycles. The molecule has 0 aliphatic carbocycles. The molecule has 1 saturated heterocycles. The Morgan fingerprint density at radius 2 is 2.00 bits per heavy atom. The van der Waals surface area contributed by atoms with E-state index >= 15 is 0 Å². The van der Waals surface area contributed by atoms with E-state index in [2.05, 4.69) is 10.3 Å². The van der Waals surface area contributed by atoms with Crippen molar-refractivity contribution in [1.82, 2.24) is 19.8 Å². The van der Waals surface area contributed by atoms with Gasteiger partial charge in [0.2, 0.25) is 5.91 Å². The molecule has 8 heteroatoms. The Labute approximate surface area is 163 Å². The van der Waals surface area contributed by atoms with Crippen molar-refractivity contribution in [1.29, 1.82) is 0 Å². The summed E-state index contributed by atoms with van der Waals surface area (Å²) in [6.07, 6.45) is 3.99. The second kappa shape index (κ2) is 9.16. The van der Waals surface area contributed by atoms with Gasteiger partial charge >= 0.3 is 0 Å². The van der Waals surface area contributed by atoms with Crippen LogP contribution in [-0.2, 0) is 11.8 Å². The van der Waals surface area contributed by atoms with Crippen molar-refractivity contribution in [3.05, 3.63) is 53.1 Å². The molecule has 1 amide bonds. The number of nitrogens with zero attached hydrogens (tertiary/aromatic N) is 3. The van der Waals surface area contributed by atoms with E-state index < -0.39 is 0 Å². The van der Waals surface area contributed by atoms with Crippen molar-refractivity contribution < 1.29 is 9.59 Å². The lowest BCUT2D eigenvalue weighted by Crippen LogP contribution is -2.49. The normalized spacial score (nSPS) is 16.8. The predicted octanol–water partition coefficient (Wildman–Crippen LogP) is 2.63. The van der Waals surface area contributed by atoms with Gasteiger partial charge in [0.15, 0.2) is 5.78 Å². The lowest BCUT2D eigenvalue weighted by molar-refractivity contribution is -0.134. The van der Waals surface area contributed by atoms with E-state index in [0.29, 0.717) is 23.7 Å². The summed E-state index contributed by atoms with van der Waals surface area (Å²) in [6, 6.07) is 6.65. The number of nitrogens with one attached hydrogen (secondary N) is 1. The molecule has 1 fully saturated rings. The Hall–Kier alpha value is -1.89. The highest BCUT2D eigenvalue weighted by molar-refractivity contribution is 6.30. The first-order chi connectivity index (χ1) is 12.1. The fourth-order valence-electron chi connectivity index (χ4n) is 3.08. The first-order valence-electron chi connectivity index (χ1n) is 8.32. The third-order valence-electron chi connectivity index (χ3n) is 4.45. The van der Waals surface area contributed by atoms with Crippen LogP contribution in [0.15, 0.2) is 36.7 Å². The summed E-state index contributed by atoms with van der Waals surface area (Å²) in [6.45, 7) is 2.03. The van der Waals surface area contributed by atoms with Crippen molar-refractivity contribution in [3.63, 3.8) is 0 Å². The number of hydrogen-bond acceptors (Lipinski definition) is 4. The van der Waals surface area contributed by atoms with Crippen molar-refractivity contribution >= 4 is 35.7 Å². The average molecular weight is 397 g/mol. The van der Waals surface area contributed by atoms with E-state index in [9.17, 15) is 9.59 Å². The van der Waals surface area contributed by atoms with Crippen LogP contribution in [0.5, 0.6) is 0 Å². The van der Waals surface area contributed by atoms with Crippen molar-refractivity contribution in [2.45, 2.75) is 18.9 Å². The maximum Gasteiger partial charge on any atom is 0.223 e. The number of piperazine rings is 1. The fourth-order valence-corrected chi connectivity index (χ4v) is 3.20. The van der Waals surface area contributed by atoms with E-state index in [0.717, 1.165) is 12.4 Å². The van der Waals surface area contributed by atoms with Gasteiger partial charge in [0.1, 0.15) is 11.9 Å². The molecule has 26 heavy (non-hydrogen) atoms. The van der Waals surface area contributed by atoms with Crippen molar-refractivity contribution in [2.24, 2.45) is 7.05 Å². The molecular weight excluding hydrogens is 375 g/mol. The molecule has 1 aromatic carbocycles. The largest absolute Gasteiger partial charge is 0.336 e. The van der Waals surface area contributed by atoms with E-state index in [4.69, 9.17) is 11.6 Å². The topological polar surface area (TPSA) is 67.2 Å². The molecule has 1 unspecified atom stereocenters. The van der Waals surface area contributed by atoms with E-state index in [-0.39, 0.29) is 43.0 Å². The van der Waals surface area contributed by atoms with E-state index in [1.165, 1.54) is 0 Å². The van der Waals surface area contributed by atoms with Gasteiger partial charge < -0.3 is 14.8 Å². The molecule has 0 radical (unpaired) electrons. The lowest BCUT2D eigenvalue weighted by Gasteiger charge is -2.35. The number of aromatic nitrogens is 2. The first-order valence-corrected chi connectivity index (χ1v) is 8.70. The summed E-state index contributed by atoms with van der Waals surface area (Å²) in [5.74, 6) is 0.787. The third kappa shape index (κ3) is 4.63. The Kier molecular flexibility index (Phi) is 7.20. The van der Waals surface area contributed by atoms with Gasteiger partial charge in [-0.05, 0) is 24.3 Å². The highest BCUT2D eigenvalue weighted by Crippen LogP contribution is 2.22. The number of carbonyl (C=O) groups is 2. The van der Waals surface area contributed by atoms with Crippen LogP contribution >= 0.6 is 24.0 Å². The summed E-state index contributed by atoms with van der Waals surface area (Å²) in [5.41, 5.74) is 0.582. The van der Waals surface area contributed by atoms with Crippen LogP contribution < -0.4 is 5.32 Å². The minimum Gasteiger partial charge on any atom is -0.336 e. The Morgan fingerprint density at radius 3 is 2.65 bits per heavy atom. The average Bonchev–Trinajstić information content (AvgIpc) is 3.06. The molecule has 1 N–H and O–H groups in total. The number of Topliss-reactive ketones (excluding diaryl/α,β-unsaturated/α-hetero) is 1. The number of aryl methyl sites for hydroxylation is 1. The molecule has 6 nitrogen and oxygen atoms in total. The molecule has 1 aliphatic heterocycles. The predicted molar refractivity (Wildman–Crippen MR) is 103 cm³/mol. The van der Waals surface area contributed by atoms with Gasteiger partial charge in [0.05, 0.1) is 0 Å². The maximum atomic E-state index is 12.7. The summed E-state index contributed by atoms with van der Waals surface area (Å²) in [5, 5.41) is 3.89. The fraction of sp³-hybridized carbons (Fsp3) is 0.389. The molecular formula is C18H22Cl2N4O2. The number of amides is 1. The lowest BCUT2D eigenvalue weighted by atomic mass is 10.1. The summed E-state index contributed by atoms with van der Waals surface area (Å²) < 4.78 is 1.93. The van der Waals surface area contributed by atoms with Crippen molar-refractivity contribution in [3.8, 4) is 0 Å². The van der Waals surface area contributed by atoms with Crippen LogP contribution in [-0.4, -0.2) is 45.8 Å². The molecule has 3 rings (SSSR count). The van der Waals surface area contributed by atoms with Gasteiger partial charge in [-0.25, -0.2) is 4.98 Å². The monoisotopic (exact) mass is 396 g/mol. The minimum atomic E-state index is -0.105. The Bertz CT molecular complexity index is 761. The van der Waals surface area contributed by atoms with Gasteiger partial charge in [-0.2, -0.15) is 0 Å². The quantitative estimate of drug-likeness (QED) is 0.788. The van der Waals surface area contributed by atoms with Crippen LogP contribution in [0.4, 0.5) is 0 Å². The Balaban J connectivity index is 0.00000243. The van der Waals surface area contributed by atoms with Crippen LogP contribution in [0, 0.1) is 0 Å². The number of ketones is 1. The van der Waals surface area contributed by atoms with E-state index in [1.54, 1.807) is 30.5 Å². The van der Waals surface area contributed by atoms with E-state index in [1.807, 2.05) is 22.7 Å². The number of imidazole rings is 1. The second-order valence-electron chi connectivity index (χ2n) is 6.13. The van der Waals surface area contributed by atoms with Gasteiger partial charge in [-0.3, -0.25) is 9.59 Å². The van der Waals surface area contributed by atoms with Gasteiger partial charge in [0, 0.05) is 62.5 Å². The van der Waals surface area contributed by atoms with Crippen molar-refractivity contribution in [2.75, 3.05) is 19.6 Å².